The van der Waals surface area contributed by atoms with Crippen molar-refractivity contribution in [3.05, 3.63) is 29.8 Å². The third-order valence-corrected chi connectivity index (χ3v) is 4.80. The zero-order chi connectivity index (χ0) is 14.3. The van der Waals surface area contributed by atoms with Crippen molar-refractivity contribution in [3.63, 3.8) is 0 Å². The number of sulfonamides is 1. The van der Waals surface area contributed by atoms with Crippen LogP contribution >= 0.6 is 0 Å². The van der Waals surface area contributed by atoms with Gasteiger partial charge >= 0.3 is 0 Å². The van der Waals surface area contributed by atoms with E-state index < -0.39 is 10.0 Å². The molecule has 3 N–H and O–H groups in total. The molecule has 0 radical (unpaired) electrons. The molecule has 2 saturated heterocycles. The molecule has 7 heteroatoms. The Morgan fingerprint density at radius 1 is 1.25 bits per heavy atom. The highest BCUT2D eigenvalue weighted by Gasteiger charge is 2.41. The van der Waals surface area contributed by atoms with Crippen LogP contribution < -0.4 is 10.5 Å². The molecule has 0 aliphatic carbocycles. The van der Waals surface area contributed by atoms with Crippen LogP contribution in [0.4, 0.5) is 0 Å². The molecule has 2 fully saturated rings. The highest BCUT2D eigenvalue weighted by molar-refractivity contribution is 7.89. The van der Waals surface area contributed by atoms with Gasteiger partial charge in [0, 0.05) is 5.56 Å². The lowest BCUT2D eigenvalue weighted by atomic mass is 9.95. The zero-order valence-electron chi connectivity index (χ0n) is 10.8. The molecule has 1 aromatic rings. The lowest BCUT2D eigenvalue weighted by Crippen LogP contribution is -2.41. The number of ether oxygens (including phenoxy) is 1. The van der Waals surface area contributed by atoms with Crippen molar-refractivity contribution in [3.8, 4) is 0 Å². The molecule has 108 valence electrons. The summed E-state index contributed by atoms with van der Waals surface area (Å²) < 4.78 is 28.0. The quantitative estimate of drug-likeness (QED) is 0.842. The molecule has 2 bridgehead atoms. The summed E-state index contributed by atoms with van der Waals surface area (Å²) in [5.41, 5.74) is 0.417. The second kappa shape index (κ2) is 4.83. The number of rotatable bonds is 3. The first kappa shape index (κ1) is 13.5. The van der Waals surface area contributed by atoms with E-state index in [0.717, 1.165) is 19.3 Å². The summed E-state index contributed by atoms with van der Waals surface area (Å²) >= 11 is 0. The van der Waals surface area contributed by atoms with Gasteiger partial charge in [0.05, 0.1) is 23.1 Å². The molecule has 3 rings (SSSR count). The van der Waals surface area contributed by atoms with E-state index in [4.69, 9.17) is 9.88 Å². The first-order chi connectivity index (χ1) is 9.43. The largest absolute Gasteiger partial charge is 0.373 e. The van der Waals surface area contributed by atoms with E-state index in [0.29, 0.717) is 5.56 Å². The molecule has 3 atom stereocenters. The number of nitrogens with one attached hydrogen (secondary N) is 1. The van der Waals surface area contributed by atoms with Gasteiger partial charge in [-0.05, 0) is 43.5 Å². The Bertz CT molecular complexity index is 626. The van der Waals surface area contributed by atoms with E-state index in [1.165, 1.54) is 24.3 Å². The average molecular weight is 296 g/mol. The van der Waals surface area contributed by atoms with E-state index in [2.05, 4.69) is 5.32 Å². The maximum absolute atomic E-state index is 12.1. The molecule has 0 aromatic heterocycles. The first-order valence-electron chi connectivity index (χ1n) is 6.53. The lowest BCUT2D eigenvalue weighted by Gasteiger charge is -2.20. The highest BCUT2D eigenvalue weighted by atomic mass is 32.2. The summed E-state index contributed by atoms with van der Waals surface area (Å²) in [5.74, 6) is -0.216. The Hall–Kier alpha value is -1.44. The number of hydrogen-bond donors (Lipinski definition) is 2. The monoisotopic (exact) mass is 296 g/mol. The number of nitrogens with two attached hydrogens (primary N) is 1. The Kier molecular flexibility index (Phi) is 3.27. The number of carbonyl (C=O) groups is 1. The highest BCUT2D eigenvalue weighted by Crippen LogP contribution is 2.34. The minimum absolute atomic E-state index is 0.00249. The summed E-state index contributed by atoms with van der Waals surface area (Å²) in [7, 11) is -3.73. The molecule has 1 amide bonds. The SMILES string of the molecule is NS(=O)(=O)c1ccc(C(=O)NC2CC3CCC2O3)cc1. The average Bonchev–Trinajstić information content (AvgIpc) is 3.00. The smallest absolute Gasteiger partial charge is 0.251 e. The van der Waals surface area contributed by atoms with E-state index in [1.54, 1.807) is 0 Å². The van der Waals surface area contributed by atoms with Gasteiger partial charge in [0.1, 0.15) is 0 Å². The fourth-order valence-electron chi connectivity index (χ4n) is 2.84. The van der Waals surface area contributed by atoms with Crippen LogP contribution in [0.3, 0.4) is 0 Å². The molecule has 2 heterocycles. The van der Waals surface area contributed by atoms with Gasteiger partial charge in [-0.3, -0.25) is 4.79 Å². The number of carbonyl (C=O) groups excluding carboxylic acids is 1. The van der Waals surface area contributed by atoms with Crippen LogP contribution in [-0.4, -0.2) is 32.6 Å². The minimum Gasteiger partial charge on any atom is -0.373 e. The van der Waals surface area contributed by atoms with E-state index in [-0.39, 0.29) is 29.1 Å². The molecule has 6 nitrogen and oxygen atoms in total. The van der Waals surface area contributed by atoms with Crippen molar-refractivity contribution in [1.29, 1.82) is 0 Å². The van der Waals surface area contributed by atoms with Crippen molar-refractivity contribution in [1.82, 2.24) is 5.32 Å². The van der Waals surface area contributed by atoms with Crippen LogP contribution in [0.1, 0.15) is 29.6 Å². The number of fused-ring (bicyclic) bond motifs is 2. The molecule has 3 unspecified atom stereocenters. The Morgan fingerprint density at radius 3 is 2.45 bits per heavy atom. The fourth-order valence-corrected chi connectivity index (χ4v) is 3.35. The fraction of sp³-hybridized carbons (Fsp3) is 0.462. The zero-order valence-corrected chi connectivity index (χ0v) is 11.6. The van der Waals surface area contributed by atoms with Crippen molar-refractivity contribution >= 4 is 15.9 Å². The summed E-state index contributed by atoms with van der Waals surface area (Å²) in [6.45, 7) is 0. The third kappa shape index (κ3) is 2.56. The Labute approximate surface area is 117 Å². The predicted molar refractivity (Wildman–Crippen MR) is 71.6 cm³/mol. The summed E-state index contributed by atoms with van der Waals surface area (Å²) in [5, 5.41) is 7.95. The number of benzene rings is 1. The molecule has 2 aliphatic heterocycles. The summed E-state index contributed by atoms with van der Waals surface area (Å²) in [6, 6.07) is 5.65. The van der Waals surface area contributed by atoms with Crippen molar-refractivity contribution < 1.29 is 17.9 Å². The van der Waals surface area contributed by atoms with Crippen molar-refractivity contribution in [2.24, 2.45) is 5.14 Å². The van der Waals surface area contributed by atoms with Gasteiger partial charge in [0.2, 0.25) is 10.0 Å². The van der Waals surface area contributed by atoms with Crippen LogP contribution in [0, 0.1) is 0 Å². The van der Waals surface area contributed by atoms with E-state index in [9.17, 15) is 13.2 Å². The van der Waals surface area contributed by atoms with Crippen molar-refractivity contribution in [2.75, 3.05) is 0 Å². The third-order valence-electron chi connectivity index (χ3n) is 3.87. The lowest BCUT2D eigenvalue weighted by molar-refractivity contribution is 0.0841. The molecule has 0 spiro atoms. The van der Waals surface area contributed by atoms with Gasteiger partial charge in [0.25, 0.3) is 5.91 Å². The van der Waals surface area contributed by atoms with Gasteiger partial charge in [-0.2, -0.15) is 0 Å². The first-order valence-corrected chi connectivity index (χ1v) is 8.07. The van der Waals surface area contributed by atoms with Gasteiger partial charge in [0.15, 0.2) is 0 Å². The summed E-state index contributed by atoms with van der Waals surface area (Å²) in [6.07, 6.45) is 3.30. The Balaban J connectivity index is 1.68. The van der Waals surface area contributed by atoms with Crippen molar-refractivity contribution in [2.45, 2.75) is 42.4 Å². The maximum atomic E-state index is 12.1. The molecular formula is C13H16N2O4S. The normalized spacial score (nSPS) is 28.6. The molecule has 0 saturated carbocycles. The van der Waals surface area contributed by atoms with Crippen LogP contribution in [0.25, 0.3) is 0 Å². The van der Waals surface area contributed by atoms with Crippen LogP contribution in [0.2, 0.25) is 0 Å². The molecular weight excluding hydrogens is 280 g/mol. The van der Waals surface area contributed by atoms with Gasteiger partial charge in [-0.1, -0.05) is 0 Å². The molecule has 1 aromatic carbocycles. The molecule has 2 aliphatic rings. The van der Waals surface area contributed by atoms with Crippen LogP contribution in [-0.2, 0) is 14.8 Å². The number of primary sulfonamides is 1. The summed E-state index contributed by atoms with van der Waals surface area (Å²) in [4.78, 5) is 12.1. The minimum atomic E-state index is -3.73. The topological polar surface area (TPSA) is 98.5 Å². The second-order valence-electron chi connectivity index (χ2n) is 5.26. The van der Waals surface area contributed by atoms with E-state index in [1.807, 2.05) is 0 Å². The van der Waals surface area contributed by atoms with Gasteiger partial charge < -0.3 is 10.1 Å². The second-order valence-corrected chi connectivity index (χ2v) is 6.82. The number of amides is 1. The van der Waals surface area contributed by atoms with Gasteiger partial charge in [-0.15, -0.1) is 0 Å². The van der Waals surface area contributed by atoms with Gasteiger partial charge in [-0.25, -0.2) is 13.6 Å². The predicted octanol–water partition coefficient (Wildman–Crippen LogP) is 0.384. The molecule has 20 heavy (non-hydrogen) atoms. The Morgan fingerprint density at radius 2 is 1.95 bits per heavy atom. The standard InChI is InChI=1S/C13H16N2O4S/c14-20(17,18)10-4-1-8(2-5-10)13(16)15-11-7-9-3-6-12(11)19-9/h1-2,4-5,9,11-12H,3,6-7H2,(H,15,16)(H2,14,17,18). The van der Waals surface area contributed by atoms with Crippen LogP contribution in [0.5, 0.6) is 0 Å². The number of hydrogen-bond acceptors (Lipinski definition) is 4. The maximum Gasteiger partial charge on any atom is 0.251 e. The van der Waals surface area contributed by atoms with Crippen LogP contribution in [0.15, 0.2) is 29.2 Å². The van der Waals surface area contributed by atoms with E-state index >= 15 is 0 Å².